The molecule has 0 unspecified atom stereocenters. The molecule has 0 atom stereocenters. The predicted molar refractivity (Wildman–Crippen MR) is 96.3 cm³/mol. The van der Waals surface area contributed by atoms with Crippen molar-refractivity contribution < 1.29 is 4.39 Å². The highest BCUT2D eigenvalue weighted by Crippen LogP contribution is 2.36. The Morgan fingerprint density at radius 2 is 1.64 bits per heavy atom. The molecule has 4 rings (SSSR count). The minimum absolute atomic E-state index is 0.250. The van der Waals surface area contributed by atoms with Gasteiger partial charge in [-0.15, -0.1) is 0 Å². The summed E-state index contributed by atoms with van der Waals surface area (Å²) in [5.41, 5.74) is 7.20. The van der Waals surface area contributed by atoms with Crippen LogP contribution in [0.3, 0.4) is 0 Å². The van der Waals surface area contributed by atoms with E-state index in [0.717, 1.165) is 41.3 Å². The Hall–Kier alpha value is -2.73. The smallest absolute Gasteiger partial charge is 0.170 e. The second kappa shape index (κ2) is 7.03. The predicted octanol–water partition coefficient (Wildman–Crippen LogP) is 4.09. The second-order valence-corrected chi connectivity index (χ2v) is 6.22. The highest BCUT2D eigenvalue weighted by Gasteiger charge is 2.19. The molecule has 1 aliphatic heterocycles. The van der Waals surface area contributed by atoms with Crippen molar-refractivity contribution >= 4 is 5.82 Å². The summed E-state index contributed by atoms with van der Waals surface area (Å²) in [4.78, 5) is 4.10. The summed E-state index contributed by atoms with van der Waals surface area (Å²) < 4.78 is 13.3. The van der Waals surface area contributed by atoms with Crippen LogP contribution < -0.4 is 5.43 Å². The monoisotopic (exact) mass is 337 g/mol. The van der Waals surface area contributed by atoms with Gasteiger partial charge in [0.15, 0.2) is 5.82 Å². The lowest BCUT2D eigenvalue weighted by atomic mass is 10.0. The van der Waals surface area contributed by atoms with Gasteiger partial charge >= 0.3 is 0 Å². The maximum atomic E-state index is 13.3. The number of aromatic amines is 1. The van der Waals surface area contributed by atoms with E-state index in [2.05, 4.69) is 25.6 Å². The number of rotatable bonds is 4. The van der Waals surface area contributed by atoms with Gasteiger partial charge in [-0.1, -0.05) is 6.42 Å². The van der Waals surface area contributed by atoms with Crippen molar-refractivity contribution in [2.75, 3.05) is 18.5 Å². The molecular weight excluding hydrogens is 317 g/mol. The molecule has 1 saturated heterocycles. The van der Waals surface area contributed by atoms with Crippen LogP contribution in [-0.4, -0.2) is 33.3 Å². The van der Waals surface area contributed by atoms with Gasteiger partial charge in [-0.3, -0.25) is 10.1 Å². The quantitative estimate of drug-likeness (QED) is 0.753. The van der Waals surface area contributed by atoms with Crippen LogP contribution in [0.1, 0.15) is 19.3 Å². The van der Waals surface area contributed by atoms with E-state index >= 15 is 0 Å². The van der Waals surface area contributed by atoms with E-state index in [9.17, 15) is 4.39 Å². The first-order chi connectivity index (χ1) is 12.3. The number of hydrazine groups is 1. The molecule has 3 aromatic rings. The number of piperidine rings is 1. The maximum absolute atomic E-state index is 13.3. The van der Waals surface area contributed by atoms with E-state index in [1.807, 2.05) is 12.1 Å². The van der Waals surface area contributed by atoms with Gasteiger partial charge in [-0.05, 0) is 54.8 Å². The minimum atomic E-state index is -0.250. The van der Waals surface area contributed by atoms with Crippen LogP contribution >= 0.6 is 0 Å². The minimum Gasteiger partial charge on any atom is -0.301 e. The van der Waals surface area contributed by atoms with Gasteiger partial charge in [0, 0.05) is 31.0 Å². The first-order valence-corrected chi connectivity index (χ1v) is 8.57. The zero-order valence-corrected chi connectivity index (χ0v) is 13.9. The molecule has 0 saturated carbocycles. The highest BCUT2D eigenvalue weighted by atomic mass is 19.1. The van der Waals surface area contributed by atoms with Crippen LogP contribution in [0.15, 0.2) is 48.8 Å². The van der Waals surface area contributed by atoms with Crippen molar-refractivity contribution in [3.63, 3.8) is 0 Å². The number of nitrogens with zero attached hydrogens (tertiary/aromatic N) is 3. The van der Waals surface area contributed by atoms with Crippen LogP contribution in [0, 0.1) is 5.82 Å². The second-order valence-electron chi connectivity index (χ2n) is 6.22. The Bertz CT molecular complexity index is 823. The van der Waals surface area contributed by atoms with Crippen molar-refractivity contribution in [2.24, 2.45) is 0 Å². The molecule has 1 aromatic carbocycles. The van der Waals surface area contributed by atoms with Crippen molar-refractivity contribution in [2.45, 2.75) is 19.3 Å². The molecule has 0 amide bonds. The van der Waals surface area contributed by atoms with Crippen molar-refractivity contribution in [1.82, 2.24) is 20.2 Å². The molecule has 0 spiro atoms. The van der Waals surface area contributed by atoms with E-state index in [1.54, 1.807) is 24.5 Å². The standard InChI is InChI=1S/C19H20FN5/c20-16-6-4-15(5-7-16)18-17(14-8-10-21-11-9-14)19(23-22-18)24-25-12-2-1-3-13-25/h4-11H,1-3,12-13H2,(H2,22,23,24). The molecule has 25 heavy (non-hydrogen) atoms. The van der Waals surface area contributed by atoms with Gasteiger partial charge < -0.3 is 5.43 Å². The van der Waals surface area contributed by atoms with E-state index in [0.29, 0.717) is 0 Å². The van der Waals surface area contributed by atoms with Gasteiger partial charge in [0.05, 0.1) is 11.3 Å². The van der Waals surface area contributed by atoms with Gasteiger partial charge in [0.2, 0.25) is 0 Å². The fourth-order valence-electron chi connectivity index (χ4n) is 3.20. The third-order valence-corrected chi connectivity index (χ3v) is 4.49. The Morgan fingerprint density at radius 3 is 2.36 bits per heavy atom. The number of anilines is 1. The first kappa shape index (κ1) is 15.8. The summed E-state index contributed by atoms with van der Waals surface area (Å²) in [5, 5.41) is 9.82. The van der Waals surface area contributed by atoms with Crippen molar-refractivity contribution in [3.8, 4) is 22.4 Å². The lowest BCUT2D eigenvalue weighted by molar-refractivity contribution is 0.272. The largest absolute Gasteiger partial charge is 0.301 e. The van der Waals surface area contributed by atoms with Crippen molar-refractivity contribution in [3.05, 3.63) is 54.6 Å². The van der Waals surface area contributed by atoms with Gasteiger partial charge in [0.25, 0.3) is 0 Å². The van der Waals surface area contributed by atoms with Gasteiger partial charge in [-0.2, -0.15) is 5.10 Å². The zero-order valence-electron chi connectivity index (χ0n) is 13.9. The molecule has 1 aliphatic rings. The van der Waals surface area contributed by atoms with E-state index in [4.69, 9.17) is 0 Å². The Balaban J connectivity index is 1.75. The molecule has 0 bridgehead atoms. The number of aromatic nitrogens is 3. The number of hydrogen-bond acceptors (Lipinski definition) is 4. The third kappa shape index (κ3) is 3.39. The average Bonchev–Trinajstić information content (AvgIpc) is 3.07. The van der Waals surface area contributed by atoms with Crippen LogP contribution in [0.2, 0.25) is 0 Å². The van der Waals surface area contributed by atoms with E-state index in [-0.39, 0.29) is 5.82 Å². The summed E-state index contributed by atoms with van der Waals surface area (Å²) in [7, 11) is 0. The number of H-pyrrole nitrogens is 1. The SMILES string of the molecule is Fc1ccc(-c2[nH]nc(NN3CCCCC3)c2-c2ccncc2)cc1. The zero-order chi connectivity index (χ0) is 17.1. The summed E-state index contributed by atoms with van der Waals surface area (Å²) >= 11 is 0. The summed E-state index contributed by atoms with van der Waals surface area (Å²) in [6, 6.07) is 10.4. The fourth-order valence-corrected chi connectivity index (χ4v) is 3.20. The van der Waals surface area contributed by atoms with Crippen LogP contribution in [-0.2, 0) is 0 Å². The van der Waals surface area contributed by atoms with Gasteiger partial charge in [-0.25, -0.2) is 9.40 Å². The number of pyridine rings is 1. The number of hydrogen-bond donors (Lipinski definition) is 2. The summed E-state index contributed by atoms with van der Waals surface area (Å²) in [6.45, 7) is 2.02. The molecule has 128 valence electrons. The number of halogens is 1. The normalized spacial score (nSPS) is 15.2. The number of benzene rings is 1. The van der Waals surface area contributed by atoms with Crippen molar-refractivity contribution in [1.29, 1.82) is 0 Å². The molecule has 0 radical (unpaired) electrons. The maximum Gasteiger partial charge on any atom is 0.170 e. The number of nitrogens with one attached hydrogen (secondary N) is 2. The van der Waals surface area contributed by atoms with Gasteiger partial charge in [0.1, 0.15) is 5.82 Å². The Morgan fingerprint density at radius 1 is 0.920 bits per heavy atom. The molecule has 0 aliphatic carbocycles. The summed E-state index contributed by atoms with van der Waals surface area (Å²) in [5.74, 6) is 0.535. The molecule has 6 heteroatoms. The summed E-state index contributed by atoms with van der Waals surface area (Å²) in [6.07, 6.45) is 7.18. The third-order valence-electron chi connectivity index (χ3n) is 4.49. The average molecular weight is 337 g/mol. The van der Waals surface area contributed by atoms with Crippen LogP contribution in [0.4, 0.5) is 10.2 Å². The fraction of sp³-hybridized carbons (Fsp3) is 0.263. The lowest BCUT2D eigenvalue weighted by Gasteiger charge is -2.27. The molecule has 1 fully saturated rings. The lowest BCUT2D eigenvalue weighted by Crippen LogP contribution is -2.35. The highest BCUT2D eigenvalue weighted by molar-refractivity contribution is 5.88. The Labute approximate surface area is 145 Å². The molecule has 3 heterocycles. The molecule has 5 nitrogen and oxygen atoms in total. The van der Waals surface area contributed by atoms with Crippen LogP contribution in [0.25, 0.3) is 22.4 Å². The topological polar surface area (TPSA) is 56.8 Å². The molecular formula is C19H20FN5. The van der Waals surface area contributed by atoms with E-state index < -0.39 is 0 Å². The molecule has 2 aromatic heterocycles. The van der Waals surface area contributed by atoms with E-state index in [1.165, 1.54) is 31.4 Å². The Kier molecular flexibility index (Phi) is 4.43. The first-order valence-electron chi connectivity index (χ1n) is 8.57. The van der Waals surface area contributed by atoms with Crippen LogP contribution in [0.5, 0.6) is 0 Å². The molecule has 2 N–H and O–H groups in total.